The summed E-state index contributed by atoms with van der Waals surface area (Å²) in [5.41, 5.74) is 0.792. The van der Waals surface area contributed by atoms with Crippen LogP contribution < -0.4 is 16.8 Å². The van der Waals surface area contributed by atoms with Gasteiger partial charge in [0.15, 0.2) is 0 Å². The fourth-order valence-corrected chi connectivity index (χ4v) is 2.29. The van der Waals surface area contributed by atoms with Crippen LogP contribution >= 0.6 is 0 Å². The molecule has 124 valence electrons. The number of aromatic carboxylic acids is 2. The SMILES string of the molecule is Nc1[nH]c(=O)c(C(=O)O)c(-c2cc(F)ccc2B(O)O)c1C(=O)O. The molecule has 2 aromatic rings. The number of carboxylic acid groups (broad SMARTS) is 2. The van der Waals surface area contributed by atoms with E-state index in [1.807, 2.05) is 4.98 Å². The van der Waals surface area contributed by atoms with Crippen molar-refractivity contribution in [1.82, 2.24) is 4.98 Å². The summed E-state index contributed by atoms with van der Waals surface area (Å²) in [5.74, 6) is -5.06. The molecule has 0 aliphatic heterocycles. The Kier molecular flexibility index (Phi) is 4.40. The minimum absolute atomic E-state index is 0.397. The summed E-state index contributed by atoms with van der Waals surface area (Å²) in [7, 11) is -2.18. The smallest absolute Gasteiger partial charge is 0.478 e. The lowest BCUT2D eigenvalue weighted by atomic mass is 9.74. The van der Waals surface area contributed by atoms with Crippen molar-refractivity contribution >= 4 is 30.3 Å². The van der Waals surface area contributed by atoms with Gasteiger partial charge in [0.1, 0.15) is 22.8 Å². The first-order valence-electron chi connectivity index (χ1n) is 6.33. The topological polar surface area (TPSA) is 174 Å². The predicted octanol–water partition coefficient (Wildman–Crippen LogP) is -1.16. The number of hydrogen-bond acceptors (Lipinski definition) is 6. The molecule has 0 saturated carbocycles. The molecule has 0 atom stereocenters. The molecule has 7 N–H and O–H groups in total. The monoisotopic (exact) mass is 336 g/mol. The molecule has 1 aromatic heterocycles. The molecular weight excluding hydrogens is 326 g/mol. The Hall–Kier alpha value is -3.18. The van der Waals surface area contributed by atoms with Gasteiger partial charge in [-0.3, -0.25) is 4.79 Å². The summed E-state index contributed by atoms with van der Waals surface area (Å²) in [6.45, 7) is 0. The Balaban J connectivity index is 3.08. The standard InChI is InChI=1S/C13H10BFN2O7/c15-4-1-2-6(14(23)24)5(3-4)7-8(12(19)20)10(16)17-11(18)9(7)13(21)22/h1-3,23-24H,(H,19,20)(H,21,22)(H3,16,17,18). The van der Waals surface area contributed by atoms with Crippen molar-refractivity contribution in [2.75, 3.05) is 5.73 Å². The van der Waals surface area contributed by atoms with E-state index >= 15 is 0 Å². The van der Waals surface area contributed by atoms with Crippen molar-refractivity contribution in [1.29, 1.82) is 0 Å². The molecule has 1 heterocycles. The van der Waals surface area contributed by atoms with Gasteiger partial charge >= 0.3 is 19.1 Å². The highest BCUT2D eigenvalue weighted by Crippen LogP contribution is 2.28. The summed E-state index contributed by atoms with van der Waals surface area (Å²) < 4.78 is 13.6. The van der Waals surface area contributed by atoms with Gasteiger partial charge in [0.25, 0.3) is 5.56 Å². The molecule has 0 bridgehead atoms. The molecule has 0 fully saturated rings. The van der Waals surface area contributed by atoms with Gasteiger partial charge in [0.05, 0.1) is 0 Å². The Morgan fingerprint density at radius 2 is 1.71 bits per heavy atom. The molecule has 0 spiro atoms. The minimum Gasteiger partial charge on any atom is -0.478 e. The Morgan fingerprint density at radius 1 is 1.12 bits per heavy atom. The quantitative estimate of drug-likeness (QED) is 0.379. The number of carbonyl (C=O) groups is 2. The molecule has 0 aliphatic carbocycles. The predicted molar refractivity (Wildman–Crippen MR) is 80.6 cm³/mol. The zero-order valence-electron chi connectivity index (χ0n) is 11.8. The fourth-order valence-electron chi connectivity index (χ4n) is 2.29. The van der Waals surface area contributed by atoms with E-state index in [1.54, 1.807) is 0 Å². The molecule has 24 heavy (non-hydrogen) atoms. The van der Waals surface area contributed by atoms with Crippen LogP contribution in [0.3, 0.4) is 0 Å². The Labute approximate surface area is 132 Å². The van der Waals surface area contributed by atoms with Gasteiger partial charge in [-0.1, -0.05) is 6.07 Å². The van der Waals surface area contributed by atoms with Gasteiger partial charge in [-0.25, -0.2) is 14.0 Å². The summed E-state index contributed by atoms with van der Waals surface area (Å²) in [5, 5.41) is 37.3. The number of nitrogens with two attached hydrogens (primary N) is 1. The maximum atomic E-state index is 13.6. The second-order valence-corrected chi connectivity index (χ2v) is 4.71. The largest absolute Gasteiger partial charge is 0.489 e. The van der Waals surface area contributed by atoms with E-state index in [9.17, 15) is 39.0 Å². The van der Waals surface area contributed by atoms with E-state index in [4.69, 9.17) is 5.73 Å². The van der Waals surface area contributed by atoms with E-state index < -0.39 is 64.0 Å². The molecule has 0 aliphatic rings. The maximum absolute atomic E-state index is 13.6. The zero-order valence-corrected chi connectivity index (χ0v) is 11.8. The van der Waals surface area contributed by atoms with Crippen LogP contribution in [0.4, 0.5) is 10.2 Å². The first kappa shape index (κ1) is 17.2. The maximum Gasteiger partial charge on any atom is 0.489 e. The molecule has 1 aromatic carbocycles. The van der Waals surface area contributed by atoms with Crippen LogP contribution in [0.15, 0.2) is 23.0 Å². The number of nitrogens with one attached hydrogen (secondary N) is 1. The van der Waals surface area contributed by atoms with Gasteiger partial charge in [-0.15, -0.1) is 0 Å². The number of carboxylic acids is 2. The number of halogens is 1. The summed E-state index contributed by atoms with van der Waals surface area (Å²) in [6.07, 6.45) is 0. The number of aromatic nitrogens is 1. The highest BCUT2D eigenvalue weighted by Gasteiger charge is 2.30. The number of benzene rings is 1. The Morgan fingerprint density at radius 3 is 2.21 bits per heavy atom. The lowest BCUT2D eigenvalue weighted by Crippen LogP contribution is -2.33. The minimum atomic E-state index is -2.18. The Bertz CT molecular complexity index is 910. The van der Waals surface area contributed by atoms with Crippen LogP contribution in [0.25, 0.3) is 11.1 Å². The number of rotatable bonds is 4. The third-order valence-corrected chi connectivity index (χ3v) is 3.24. The molecule has 0 saturated heterocycles. The zero-order chi connectivity index (χ0) is 18.2. The lowest BCUT2D eigenvalue weighted by Gasteiger charge is -2.15. The van der Waals surface area contributed by atoms with E-state index in [0.29, 0.717) is 6.07 Å². The number of H-pyrrole nitrogens is 1. The van der Waals surface area contributed by atoms with Crippen molar-refractivity contribution in [3.63, 3.8) is 0 Å². The van der Waals surface area contributed by atoms with Gasteiger partial charge < -0.3 is 31.0 Å². The van der Waals surface area contributed by atoms with Gasteiger partial charge in [0.2, 0.25) is 0 Å². The summed E-state index contributed by atoms with van der Waals surface area (Å²) in [6, 6.07) is 2.46. The van der Waals surface area contributed by atoms with Gasteiger partial charge in [-0.05, 0) is 23.2 Å². The lowest BCUT2D eigenvalue weighted by molar-refractivity contribution is 0.0695. The molecular formula is C13H10BFN2O7. The van der Waals surface area contributed by atoms with Crippen molar-refractivity contribution in [3.8, 4) is 11.1 Å². The second-order valence-electron chi connectivity index (χ2n) is 4.71. The van der Waals surface area contributed by atoms with Crippen LogP contribution in [-0.2, 0) is 0 Å². The van der Waals surface area contributed by atoms with Crippen molar-refractivity contribution < 1.29 is 34.2 Å². The van der Waals surface area contributed by atoms with Crippen LogP contribution in [0, 0.1) is 5.82 Å². The molecule has 0 radical (unpaired) electrons. The first-order chi connectivity index (χ1) is 11.1. The van der Waals surface area contributed by atoms with Crippen LogP contribution in [0.5, 0.6) is 0 Å². The van der Waals surface area contributed by atoms with Crippen LogP contribution in [0.2, 0.25) is 0 Å². The molecule has 9 nitrogen and oxygen atoms in total. The van der Waals surface area contributed by atoms with E-state index in [-0.39, 0.29) is 0 Å². The highest BCUT2D eigenvalue weighted by atomic mass is 19.1. The van der Waals surface area contributed by atoms with Crippen molar-refractivity contribution in [2.24, 2.45) is 0 Å². The van der Waals surface area contributed by atoms with Crippen LogP contribution in [-0.4, -0.2) is 44.3 Å². The molecule has 2 rings (SSSR count). The van der Waals surface area contributed by atoms with Crippen molar-refractivity contribution in [2.45, 2.75) is 0 Å². The number of pyridine rings is 1. The third-order valence-electron chi connectivity index (χ3n) is 3.24. The number of aromatic amines is 1. The van der Waals surface area contributed by atoms with Crippen LogP contribution in [0.1, 0.15) is 20.7 Å². The molecule has 11 heteroatoms. The molecule has 0 unspecified atom stereocenters. The average molecular weight is 336 g/mol. The number of nitrogen functional groups attached to an aromatic ring is 1. The second kappa shape index (κ2) is 6.14. The average Bonchev–Trinajstić information content (AvgIpc) is 2.44. The van der Waals surface area contributed by atoms with Gasteiger partial charge in [0, 0.05) is 5.56 Å². The number of hydrogen-bond donors (Lipinski definition) is 6. The van der Waals surface area contributed by atoms with E-state index in [1.165, 1.54) is 0 Å². The number of anilines is 1. The summed E-state index contributed by atoms with van der Waals surface area (Å²) >= 11 is 0. The summed E-state index contributed by atoms with van der Waals surface area (Å²) in [4.78, 5) is 36.6. The fraction of sp³-hybridized carbons (Fsp3) is 0. The molecule has 0 amide bonds. The third kappa shape index (κ3) is 2.85. The van der Waals surface area contributed by atoms with E-state index in [0.717, 1.165) is 12.1 Å². The normalized spacial score (nSPS) is 10.5. The first-order valence-corrected chi connectivity index (χ1v) is 6.33. The van der Waals surface area contributed by atoms with Crippen molar-refractivity contribution in [3.05, 3.63) is 45.5 Å². The highest BCUT2D eigenvalue weighted by molar-refractivity contribution is 6.60. The van der Waals surface area contributed by atoms with Gasteiger partial charge in [-0.2, -0.15) is 0 Å². The van der Waals surface area contributed by atoms with E-state index in [2.05, 4.69) is 0 Å².